The molecule has 0 aliphatic carbocycles. The first-order chi connectivity index (χ1) is 4.43. The fourth-order valence-corrected chi connectivity index (χ4v) is 0.687. The van der Waals surface area contributed by atoms with Crippen molar-refractivity contribution in [2.24, 2.45) is 0 Å². The maximum atomic E-state index is 8.27. The van der Waals surface area contributed by atoms with Gasteiger partial charge in [-0.25, -0.2) is 0 Å². The smallest absolute Gasteiger partial charge is 0.0669 e. The van der Waals surface area contributed by atoms with Gasteiger partial charge in [-0.1, -0.05) is 30.3 Å². The first kappa shape index (κ1) is 9.14. The summed E-state index contributed by atoms with van der Waals surface area (Å²) in [6, 6.07) is 11.8. The second-order valence-corrected chi connectivity index (χ2v) is 1.82. The van der Waals surface area contributed by atoms with Crippen LogP contribution in [-0.4, -0.2) is 0 Å². The number of rotatable bonds is 1. The van der Waals surface area contributed by atoms with Crippen LogP contribution in [-0.2, 0) is 6.42 Å². The molecule has 1 rings (SSSR count). The molecule has 0 aromatic heterocycles. The molecule has 1 aromatic carbocycles. The summed E-state index contributed by atoms with van der Waals surface area (Å²) in [7, 11) is 0. The Morgan fingerprint density at radius 3 is 2.30 bits per heavy atom. The minimum Gasteiger partial charge on any atom is -0.198 e. The summed E-state index contributed by atoms with van der Waals surface area (Å²) in [6.07, 6.45) is 0.515. The molecule has 0 amide bonds. The Kier molecular flexibility index (Phi) is 4.54. The molecule has 0 saturated carbocycles. The minimum absolute atomic E-state index is 0. The fraction of sp³-hybridized carbons (Fsp3) is 0.125. The lowest BCUT2D eigenvalue weighted by Gasteiger charge is -1.88. The molecule has 0 radical (unpaired) electrons. The van der Waals surface area contributed by atoms with Gasteiger partial charge in [0.05, 0.1) is 12.5 Å². The Morgan fingerprint density at radius 1 is 1.20 bits per heavy atom. The highest BCUT2D eigenvalue weighted by atomic mass is 31.0. The van der Waals surface area contributed by atoms with E-state index in [1.807, 2.05) is 30.3 Å². The molecule has 52 valence electrons. The first-order valence-corrected chi connectivity index (χ1v) is 2.84. The Bertz CT molecular complexity index is 212. The molecule has 2 heteroatoms. The van der Waals surface area contributed by atoms with E-state index in [4.69, 9.17) is 5.26 Å². The van der Waals surface area contributed by atoms with Gasteiger partial charge in [-0.2, -0.15) is 15.2 Å². The molecular formula is C8H10NP. The van der Waals surface area contributed by atoms with E-state index in [9.17, 15) is 0 Å². The summed E-state index contributed by atoms with van der Waals surface area (Å²) in [6.45, 7) is 0. The molecule has 0 aliphatic heterocycles. The normalized spacial score (nSPS) is 7.50. The fourth-order valence-electron chi connectivity index (χ4n) is 0.687. The number of nitriles is 1. The highest BCUT2D eigenvalue weighted by Crippen LogP contribution is 1.96. The number of hydrogen-bond donors (Lipinski definition) is 0. The maximum Gasteiger partial charge on any atom is 0.0669 e. The molecule has 0 spiro atoms. The largest absolute Gasteiger partial charge is 0.198 e. The highest BCUT2D eigenvalue weighted by Gasteiger charge is 1.84. The van der Waals surface area contributed by atoms with Gasteiger partial charge in [0.25, 0.3) is 0 Å². The van der Waals surface area contributed by atoms with Crippen molar-refractivity contribution >= 4 is 9.90 Å². The van der Waals surface area contributed by atoms with Crippen LogP contribution in [0.25, 0.3) is 0 Å². The summed E-state index contributed by atoms with van der Waals surface area (Å²) in [5, 5.41) is 8.27. The van der Waals surface area contributed by atoms with Gasteiger partial charge >= 0.3 is 0 Å². The SMILES string of the molecule is N#CCc1ccccc1.P. The predicted octanol–water partition coefficient (Wildman–Crippen LogP) is 1.81. The molecule has 1 atom stereocenters. The van der Waals surface area contributed by atoms with Crippen LogP contribution in [0.4, 0.5) is 0 Å². The molecule has 0 heterocycles. The van der Waals surface area contributed by atoms with Gasteiger partial charge in [-0.3, -0.25) is 0 Å². The molecule has 0 N–H and O–H groups in total. The third-order valence-electron chi connectivity index (χ3n) is 1.13. The van der Waals surface area contributed by atoms with Crippen molar-refractivity contribution in [1.29, 1.82) is 5.26 Å². The monoisotopic (exact) mass is 151 g/mol. The van der Waals surface area contributed by atoms with E-state index in [1.54, 1.807) is 0 Å². The average Bonchev–Trinajstić information content (AvgIpc) is 1.91. The number of hydrogen-bond acceptors (Lipinski definition) is 1. The van der Waals surface area contributed by atoms with Gasteiger partial charge in [-0.05, 0) is 5.56 Å². The topological polar surface area (TPSA) is 23.8 Å². The van der Waals surface area contributed by atoms with Crippen molar-refractivity contribution in [2.45, 2.75) is 6.42 Å². The van der Waals surface area contributed by atoms with E-state index in [2.05, 4.69) is 6.07 Å². The molecular weight excluding hydrogens is 141 g/mol. The van der Waals surface area contributed by atoms with Crippen molar-refractivity contribution in [3.63, 3.8) is 0 Å². The molecule has 1 nitrogen and oxygen atoms in total. The van der Waals surface area contributed by atoms with E-state index < -0.39 is 0 Å². The van der Waals surface area contributed by atoms with Crippen molar-refractivity contribution < 1.29 is 0 Å². The molecule has 0 aliphatic rings. The van der Waals surface area contributed by atoms with Gasteiger partial charge in [0, 0.05) is 0 Å². The van der Waals surface area contributed by atoms with E-state index in [-0.39, 0.29) is 9.90 Å². The van der Waals surface area contributed by atoms with E-state index in [0.29, 0.717) is 6.42 Å². The Hall–Kier alpha value is -0.860. The lowest BCUT2D eigenvalue weighted by Crippen LogP contribution is -1.76. The lowest BCUT2D eigenvalue weighted by atomic mass is 10.2. The van der Waals surface area contributed by atoms with Gasteiger partial charge in [0.2, 0.25) is 0 Å². The Labute approximate surface area is 64.3 Å². The van der Waals surface area contributed by atoms with Crippen molar-refractivity contribution in [3.8, 4) is 6.07 Å². The molecule has 1 unspecified atom stereocenters. The number of nitrogens with zero attached hydrogens (tertiary/aromatic N) is 1. The lowest BCUT2D eigenvalue weighted by molar-refractivity contribution is 1.26. The molecule has 1 aromatic rings. The molecule has 0 bridgehead atoms. The van der Waals surface area contributed by atoms with Crippen LogP contribution in [0.15, 0.2) is 30.3 Å². The number of benzene rings is 1. The second kappa shape index (κ2) is 4.97. The highest BCUT2D eigenvalue weighted by molar-refractivity contribution is 6.92. The zero-order valence-corrected chi connectivity index (χ0v) is 7.16. The standard InChI is InChI=1S/C8H7N.H3P/c9-7-6-8-4-2-1-3-5-8;/h1-5H,6H2;1H3. The third-order valence-corrected chi connectivity index (χ3v) is 1.13. The Balaban J connectivity index is 0.000000810. The second-order valence-electron chi connectivity index (χ2n) is 1.82. The molecule has 0 fully saturated rings. The average molecular weight is 151 g/mol. The Morgan fingerprint density at radius 2 is 1.80 bits per heavy atom. The van der Waals surface area contributed by atoms with Gasteiger partial charge in [-0.15, -0.1) is 0 Å². The van der Waals surface area contributed by atoms with Crippen LogP contribution >= 0.6 is 9.90 Å². The molecule has 10 heavy (non-hydrogen) atoms. The predicted molar refractivity (Wildman–Crippen MR) is 46.9 cm³/mol. The van der Waals surface area contributed by atoms with Crippen molar-refractivity contribution in [1.82, 2.24) is 0 Å². The summed E-state index contributed by atoms with van der Waals surface area (Å²) < 4.78 is 0. The van der Waals surface area contributed by atoms with Crippen LogP contribution in [0, 0.1) is 11.3 Å². The van der Waals surface area contributed by atoms with Crippen LogP contribution < -0.4 is 0 Å². The van der Waals surface area contributed by atoms with Crippen LogP contribution in [0.2, 0.25) is 0 Å². The van der Waals surface area contributed by atoms with Gasteiger partial charge in [0.1, 0.15) is 0 Å². The van der Waals surface area contributed by atoms with Gasteiger partial charge < -0.3 is 0 Å². The summed E-state index contributed by atoms with van der Waals surface area (Å²) in [5.41, 5.74) is 1.08. The van der Waals surface area contributed by atoms with E-state index >= 15 is 0 Å². The van der Waals surface area contributed by atoms with Crippen molar-refractivity contribution in [2.75, 3.05) is 0 Å². The minimum atomic E-state index is 0. The summed E-state index contributed by atoms with van der Waals surface area (Å²) in [4.78, 5) is 0. The van der Waals surface area contributed by atoms with E-state index in [1.165, 1.54) is 0 Å². The van der Waals surface area contributed by atoms with Gasteiger partial charge in [0.15, 0.2) is 0 Å². The summed E-state index contributed by atoms with van der Waals surface area (Å²) in [5.74, 6) is 0. The first-order valence-electron chi connectivity index (χ1n) is 2.84. The van der Waals surface area contributed by atoms with Crippen LogP contribution in [0.1, 0.15) is 5.56 Å². The zero-order valence-electron chi connectivity index (χ0n) is 5.75. The van der Waals surface area contributed by atoms with Crippen LogP contribution in [0.3, 0.4) is 0 Å². The van der Waals surface area contributed by atoms with Crippen molar-refractivity contribution in [3.05, 3.63) is 35.9 Å². The third kappa shape index (κ3) is 2.62. The molecule has 0 saturated heterocycles. The summed E-state index contributed by atoms with van der Waals surface area (Å²) >= 11 is 0. The zero-order chi connectivity index (χ0) is 6.53. The quantitative estimate of drug-likeness (QED) is 0.561. The van der Waals surface area contributed by atoms with Crippen LogP contribution in [0.5, 0.6) is 0 Å². The maximum absolute atomic E-state index is 8.27. The van der Waals surface area contributed by atoms with E-state index in [0.717, 1.165) is 5.56 Å².